The van der Waals surface area contributed by atoms with E-state index in [2.05, 4.69) is 10.3 Å². The Morgan fingerprint density at radius 1 is 1.39 bits per heavy atom. The molecule has 0 aromatic carbocycles. The molecular formula is C14H18N2O2. The third kappa shape index (κ3) is 2.08. The Morgan fingerprint density at radius 2 is 2.22 bits per heavy atom. The fraction of sp³-hybridized carbons (Fsp3) is 0.500. The van der Waals surface area contributed by atoms with Crippen molar-refractivity contribution in [1.82, 2.24) is 4.98 Å². The van der Waals surface area contributed by atoms with Gasteiger partial charge in [-0.3, -0.25) is 0 Å². The predicted molar refractivity (Wildman–Crippen MR) is 70.6 cm³/mol. The first-order chi connectivity index (χ1) is 8.74. The van der Waals surface area contributed by atoms with Crippen LogP contribution in [0, 0.1) is 6.92 Å². The number of rotatable bonds is 2. The quantitative estimate of drug-likeness (QED) is 0.855. The fourth-order valence-electron chi connectivity index (χ4n) is 2.66. The van der Waals surface area contributed by atoms with Crippen molar-refractivity contribution in [1.29, 1.82) is 0 Å². The highest BCUT2D eigenvalue weighted by molar-refractivity contribution is 5.88. The molecule has 1 aliphatic rings. The number of furan rings is 1. The first-order valence-corrected chi connectivity index (χ1v) is 6.54. The van der Waals surface area contributed by atoms with Crippen molar-refractivity contribution in [3.8, 4) is 0 Å². The Morgan fingerprint density at radius 3 is 3.06 bits per heavy atom. The van der Waals surface area contributed by atoms with Crippen molar-refractivity contribution >= 4 is 16.8 Å². The number of nitrogens with zero attached hydrogens (tertiary/aromatic N) is 1. The van der Waals surface area contributed by atoms with Crippen molar-refractivity contribution in [3.05, 3.63) is 24.1 Å². The van der Waals surface area contributed by atoms with Crippen LogP contribution in [-0.4, -0.2) is 22.2 Å². The highest BCUT2D eigenvalue weighted by atomic mass is 16.3. The first kappa shape index (κ1) is 11.5. The molecule has 2 aromatic rings. The molecule has 0 bridgehead atoms. The second-order valence-corrected chi connectivity index (χ2v) is 5.03. The van der Waals surface area contributed by atoms with Crippen molar-refractivity contribution < 1.29 is 9.52 Å². The third-order valence-corrected chi connectivity index (χ3v) is 3.62. The average Bonchev–Trinajstić information content (AvgIpc) is 2.73. The van der Waals surface area contributed by atoms with Gasteiger partial charge in [-0.25, -0.2) is 4.98 Å². The number of aryl methyl sites for hydroxylation is 1. The standard InChI is InChI=1S/C14H18N2O2/c1-9-8-10-13(18-9)6-7-15-14(10)16-11-4-2-3-5-12(11)17/h6-8,11-12,17H,2-5H2,1H3,(H,15,16)/t11-,12-/m0/s1. The molecule has 2 heterocycles. The van der Waals surface area contributed by atoms with Crippen LogP contribution in [0.4, 0.5) is 5.82 Å². The summed E-state index contributed by atoms with van der Waals surface area (Å²) in [5.41, 5.74) is 0.843. The van der Waals surface area contributed by atoms with Gasteiger partial charge < -0.3 is 14.8 Å². The number of fused-ring (bicyclic) bond motifs is 1. The van der Waals surface area contributed by atoms with Crippen molar-refractivity contribution in [3.63, 3.8) is 0 Å². The van der Waals surface area contributed by atoms with Gasteiger partial charge in [0.1, 0.15) is 17.2 Å². The summed E-state index contributed by atoms with van der Waals surface area (Å²) >= 11 is 0. The molecule has 1 saturated carbocycles. The summed E-state index contributed by atoms with van der Waals surface area (Å²) in [6.45, 7) is 1.93. The van der Waals surface area contributed by atoms with Crippen LogP contribution in [0.2, 0.25) is 0 Å². The molecule has 18 heavy (non-hydrogen) atoms. The molecule has 2 aromatic heterocycles. The number of aliphatic hydroxyl groups excluding tert-OH is 1. The third-order valence-electron chi connectivity index (χ3n) is 3.62. The van der Waals surface area contributed by atoms with Gasteiger partial charge in [-0.2, -0.15) is 0 Å². The Hall–Kier alpha value is -1.55. The summed E-state index contributed by atoms with van der Waals surface area (Å²) in [6.07, 6.45) is 5.61. The number of anilines is 1. The maximum atomic E-state index is 9.99. The van der Waals surface area contributed by atoms with E-state index in [9.17, 15) is 5.11 Å². The van der Waals surface area contributed by atoms with Crippen LogP contribution in [0.15, 0.2) is 22.7 Å². The second kappa shape index (κ2) is 4.61. The van der Waals surface area contributed by atoms with Crippen LogP contribution in [0.25, 0.3) is 11.0 Å². The molecule has 0 aliphatic heterocycles. The van der Waals surface area contributed by atoms with Crippen molar-refractivity contribution in [2.45, 2.75) is 44.8 Å². The van der Waals surface area contributed by atoms with Crippen LogP contribution in [0.5, 0.6) is 0 Å². The minimum atomic E-state index is -0.274. The summed E-state index contributed by atoms with van der Waals surface area (Å²) < 4.78 is 5.58. The minimum absolute atomic E-state index is 0.104. The van der Waals surface area contributed by atoms with Gasteiger partial charge in [0.25, 0.3) is 0 Å². The fourth-order valence-corrected chi connectivity index (χ4v) is 2.66. The topological polar surface area (TPSA) is 58.3 Å². The van der Waals surface area contributed by atoms with E-state index in [4.69, 9.17) is 4.42 Å². The molecule has 0 radical (unpaired) electrons. The van der Waals surface area contributed by atoms with E-state index in [1.807, 2.05) is 19.1 Å². The molecule has 4 nitrogen and oxygen atoms in total. The van der Waals surface area contributed by atoms with E-state index < -0.39 is 0 Å². The van der Waals surface area contributed by atoms with Crippen LogP contribution in [0.1, 0.15) is 31.4 Å². The molecule has 2 N–H and O–H groups in total. The summed E-state index contributed by atoms with van der Waals surface area (Å²) in [7, 11) is 0. The minimum Gasteiger partial charge on any atom is -0.461 e. The van der Waals surface area contributed by atoms with Crippen LogP contribution in [0.3, 0.4) is 0 Å². The zero-order valence-corrected chi connectivity index (χ0v) is 10.5. The highest BCUT2D eigenvalue weighted by Gasteiger charge is 2.23. The zero-order chi connectivity index (χ0) is 12.5. The SMILES string of the molecule is Cc1cc2c(N[C@H]3CCCC[C@@H]3O)nccc2o1. The number of aromatic nitrogens is 1. The number of hydrogen-bond donors (Lipinski definition) is 2. The van der Waals surface area contributed by atoms with Gasteiger partial charge in [-0.05, 0) is 31.9 Å². The Bertz CT molecular complexity index is 550. The molecule has 3 rings (SSSR count). The smallest absolute Gasteiger partial charge is 0.139 e. The molecule has 1 aliphatic carbocycles. The molecule has 0 spiro atoms. The van der Waals surface area contributed by atoms with Gasteiger partial charge in [0.15, 0.2) is 0 Å². The molecule has 1 fully saturated rings. The number of nitrogens with one attached hydrogen (secondary N) is 1. The molecule has 4 heteroatoms. The summed E-state index contributed by atoms with van der Waals surface area (Å²) in [6, 6.07) is 3.96. The Labute approximate surface area is 106 Å². The normalized spacial score (nSPS) is 24.3. The van der Waals surface area contributed by atoms with Gasteiger partial charge >= 0.3 is 0 Å². The lowest BCUT2D eigenvalue weighted by Crippen LogP contribution is -2.36. The van der Waals surface area contributed by atoms with Gasteiger partial charge in [-0.1, -0.05) is 12.8 Å². The molecule has 0 unspecified atom stereocenters. The van der Waals surface area contributed by atoms with Gasteiger partial charge in [-0.15, -0.1) is 0 Å². The molecule has 0 saturated heterocycles. The summed E-state index contributed by atoms with van der Waals surface area (Å²) in [4.78, 5) is 4.37. The average molecular weight is 246 g/mol. The summed E-state index contributed by atoms with van der Waals surface area (Å²) in [5, 5.41) is 14.4. The largest absolute Gasteiger partial charge is 0.461 e. The molecule has 0 amide bonds. The van der Waals surface area contributed by atoms with Crippen LogP contribution >= 0.6 is 0 Å². The van der Waals surface area contributed by atoms with Crippen LogP contribution in [-0.2, 0) is 0 Å². The van der Waals surface area contributed by atoms with Crippen molar-refractivity contribution in [2.24, 2.45) is 0 Å². The lowest BCUT2D eigenvalue weighted by Gasteiger charge is -2.28. The molecular weight excluding hydrogens is 228 g/mol. The van der Waals surface area contributed by atoms with Gasteiger partial charge in [0.2, 0.25) is 0 Å². The number of pyridine rings is 1. The Kier molecular flexibility index (Phi) is 2.96. The maximum Gasteiger partial charge on any atom is 0.139 e. The maximum absolute atomic E-state index is 9.99. The summed E-state index contributed by atoms with van der Waals surface area (Å²) in [5.74, 6) is 1.69. The number of aliphatic hydroxyl groups is 1. The lowest BCUT2D eigenvalue weighted by atomic mass is 9.92. The van der Waals surface area contributed by atoms with Crippen LogP contribution < -0.4 is 5.32 Å². The lowest BCUT2D eigenvalue weighted by molar-refractivity contribution is 0.116. The predicted octanol–water partition coefficient (Wildman–Crippen LogP) is 2.85. The Balaban J connectivity index is 1.89. The zero-order valence-electron chi connectivity index (χ0n) is 10.5. The van der Waals surface area contributed by atoms with E-state index in [0.717, 1.165) is 48.2 Å². The van der Waals surface area contributed by atoms with Gasteiger partial charge in [0.05, 0.1) is 17.5 Å². The van der Waals surface area contributed by atoms with E-state index in [1.54, 1.807) is 6.20 Å². The van der Waals surface area contributed by atoms with E-state index in [0.29, 0.717) is 0 Å². The monoisotopic (exact) mass is 246 g/mol. The highest BCUT2D eigenvalue weighted by Crippen LogP contribution is 2.27. The van der Waals surface area contributed by atoms with E-state index >= 15 is 0 Å². The van der Waals surface area contributed by atoms with Gasteiger partial charge in [0, 0.05) is 6.20 Å². The van der Waals surface area contributed by atoms with Crippen molar-refractivity contribution in [2.75, 3.05) is 5.32 Å². The first-order valence-electron chi connectivity index (χ1n) is 6.54. The van der Waals surface area contributed by atoms with E-state index in [1.165, 1.54) is 0 Å². The molecule has 2 atom stereocenters. The van der Waals surface area contributed by atoms with E-state index in [-0.39, 0.29) is 12.1 Å². The second-order valence-electron chi connectivity index (χ2n) is 5.03. The number of hydrogen-bond acceptors (Lipinski definition) is 4. The molecule has 96 valence electrons.